The molecule has 1 atom stereocenters. The molecular weight excluding hydrogens is 262 g/mol. The zero-order chi connectivity index (χ0) is 13.8. The van der Waals surface area contributed by atoms with E-state index in [0.717, 1.165) is 16.7 Å². The number of aromatic nitrogens is 1. The number of ether oxygens (including phenoxy) is 1. The monoisotopic (exact) mass is 277 g/mol. The van der Waals surface area contributed by atoms with Crippen molar-refractivity contribution in [3.05, 3.63) is 58.4 Å². The van der Waals surface area contributed by atoms with Gasteiger partial charge in [-0.2, -0.15) is 0 Å². The zero-order valence-electron chi connectivity index (χ0n) is 10.9. The van der Waals surface area contributed by atoms with Gasteiger partial charge in [-0.15, -0.1) is 0 Å². The van der Waals surface area contributed by atoms with Gasteiger partial charge in [0.2, 0.25) is 0 Å². The molecular formula is C15H16ClNO2. The number of benzene rings is 1. The van der Waals surface area contributed by atoms with Gasteiger partial charge in [-0.25, -0.2) is 0 Å². The van der Waals surface area contributed by atoms with Gasteiger partial charge in [-0.05, 0) is 30.7 Å². The molecule has 1 aromatic carbocycles. The maximum absolute atomic E-state index is 10.4. The molecule has 100 valence electrons. The number of hydrogen-bond donors (Lipinski definition) is 1. The quantitative estimate of drug-likeness (QED) is 0.932. The van der Waals surface area contributed by atoms with Crippen LogP contribution in [-0.4, -0.2) is 17.2 Å². The number of nitrogens with zero attached hydrogens (tertiary/aromatic N) is 1. The molecule has 0 radical (unpaired) electrons. The highest BCUT2D eigenvalue weighted by atomic mass is 35.5. The highest BCUT2D eigenvalue weighted by Gasteiger charge is 2.15. The van der Waals surface area contributed by atoms with Crippen molar-refractivity contribution in [1.29, 1.82) is 0 Å². The second-order valence-corrected chi connectivity index (χ2v) is 4.84. The molecule has 0 fully saturated rings. The van der Waals surface area contributed by atoms with E-state index in [2.05, 4.69) is 4.98 Å². The highest BCUT2D eigenvalue weighted by molar-refractivity contribution is 6.31. The van der Waals surface area contributed by atoms with Crippen molar-refractivity contribution in [1.82, 2.24) is 4.98 Å². The van der Waals surface area contributed by atoms with E-state index in [-0.39, 0.29) is 0 Å². The minimum Gasteiger partial charge on any atom is -0.496 e. The molecule has 0 spiro atoms. The predicted octanol–water partition coefficient (Wildman–Crippen LogP) is 3.33. The average molecular weight is 278 g/mol. The summed E-state index contributed by atoms with van der Waals surface area (Å²) in [4.78, 5) is 3.93. The third-order valence-corrected chi connectivity index (χ3v) is 3.35. The van der Waals surface area contributed by atoms with E-state index in [1.807, 2.05) is 31.2 Å². The van der Waals surface area contributed by atoms with Crippen molar-refractivity contribution in [3.63, 3.8) is 0 Å². The van der Waals surface area contributed by atoms with Crippen LogP contribution < -0.4 is 4.74 Å². The Morgan fingerprint density at radius 1 is 1.37 bits per heavy atom. The average Bonchev–Trinajstić information content (AvgIpc) is 2.41. The number of hydrogen-bond acceptors (Lipinski definition) is 3. The molecule has 0 bridgehead atoms. The summed E-state index contributed by atoms with van der Waals surface area (Å²) in [6, 6.07) is 7.56. The van der Waals surface area contributed by atoms with E-state index in [0.29, 0.717) is 17.2 Å². The van der Waals surface area contributed by atoms with Gasteiger partial charge in [-0.3, -0.25) is 4.98 Å². The lowest BCUT2D eigenvalue weighted by Gasteiger charge is -2.16. The fourth-order valence-corrected chi connectivity index (χ4v) is 2.20. The Balaban J connectivity index is 2.27. The van der Waals surface area contributed by atoms with Crippen LogP contribution in [0.3, 0.4) is 0 Å². The number of pyridine rings is 1. The van der Waals surface area contributed by atoms with Crippen LogP contribution in [0.15, 0.2) is 36.7 Å². The summed E-state index contributed by atoms with van der Waals surface area (Å²) in [5.41, 5.74) is 2.72. The lowest BCUT2D eigenvalue weighted by Crippen LogP contribution is -2.05. The van der Waals surface area contributed by atoms with Crippen LogP contribution in [0.4, 0.5) is 0 Å². The second-order valence-electron chi connectivity index (χ2n) is 4.43. The van der Waals surface area contributed by atoms with Crippen LogP contribution in [0, 0.1) is 6.92 Å². The van der Waals surface area contributed by atoms with Crippen LogP contribution >= 0.6 is 11.6 Å². The van der Waals surface area contributed by atoms with Crippen LogP contribution in [0.2, 0.25) is 5.02 Å². The number of aliphatic hydroxyl groups is 1. The van der Waals surface area contributed by atoms with Crippen molar-refractivity contribution in [2.75, 3.05) is 7.11 Å². The standard InChI is InChI=1S/C15H16ClNO2/c1-10-3-4-15(19-2)12(7-10)14(18)8-11-5-6-17-9-13(11)16/h3-7,9,14,18H,8H2,1-2H3. The summed E-state index contributed by atoms with van der Waals surface area (Å²) in [7, 11) is 1.60. The fraction of sp³-hybridized carbons (Fsp3) is 0.267. The third-order valence-electron chi connectivity index (χ3n) is 3.01. The van der Waals surface area contributed by atoms with Crippen LogP contribution in [0.25, 0.3) is 0 Å². The molecule has 2 aromatic rings. The zero-order valence-corrected chi connectivity index (χ0v) is 11.7. The van der Waals surface area contributed by atoms with E-state index in [1.54, 1.807) is 19.5 Å². The minimum atomic E-state index is -0.658. The summed E-state index contributed by atoms with van der Waals surface area (Å²) in [6.07, 6.45) is 3.02. The van der Waals surface area contributed by atoms with Gasteiger partial charge in [-0.1, -0.05) is 23.2 Å². The summed E-state index contributed by atoms with van der Waals surface area (Å²) in [6.45, 7) is 1.98. The molecule has 3 nitrogen and oxygen atoms in total. The van der Waals surface area contributed by atoms with Crippen LogP contribution in [0.1, 0.15) is 22.8 Å². The maximum atomic E-state index is 10.4. The topological polar surface area (TPSA) is 42.4 Å². The lowest BCUT2D eigenvalue weighted by molar-refractivity contribution is 0.174. The Bertz CT molecular complexity index is 572. The van der Waals surface area contributed by atoms with Crippen LogP contribution in [0.5, 0.6) is 5.75 Å². The normalized spacial score (nSPS) is 12.2. The van der Waals surface area contributed by atoms with E-state index in [1.165, 1.54) is 0 Å². The maximum Gasteiger partial charge on any atom is 0.124 e. The highest BCUT2D eigenvalue weighted by Crippen LogP contribution is 2.30. The number of aryl methyl sites for hydroxylation is 1. The molecule has 1 heterocycles. The molecule has 0 aliphatic rings. The second kappa shape index (κ2) is 6.04. The third kappa shape index (κ3) is 3.25. The molecule has 0 amide bonds. The Morgan fingerprint density at radius 2 is 2.16 bits per heavy atom. The summed E-state index contributed by atoms with van der Waals surface area (Å²) >= 11 is 6.06. The summed E-state index contributed by atoms with van der Waals surface area (Å²) < 4.78 is 5.28. The number of methoxy groups -OCH3 is 1. The van der Waals surface area contributed by atoms with E-state index in [9.17, 15) is 5.11 Å². The molecule has 19 heavy (non-hydrogen) atoms. The predicted molar refractivity (Wildman–Crippen MR) is 75.6 cm³/mol. The fourth-order valence-electron chi connectivity index (χ4n) is 2.00. The van der Waals surface area contributed by atoms with Gasteiger partial charge < -0.3 is 9.84 Å². The van der Waals surface area contributed by atoms with Crippen molar-refractivity contribution in [2.24, 2.45) is 0 Å². The number of halogens is 1. The minimum absolute atomic E-state index is 0.432. The lowest BCUT2D eigenvalue weighted by atomic mass is 9.99. The molecule has 4 heteroatoms. The first kappa shape index (κ1) is 13.8. The van der Waals surface area contributed by atoms with Gasteiger partial charge in [0.1, 0.15) is 5.75 Å². The molecule has 2 rings (SSSR count). The molecule has 0 aliphatic heterocycles. The van der Waals surface area contributed by atoms with E-state index in [4.69, 9.17) is 16.3 Å². The Morgan fingerprint density at radius 3 is 2.84 bits per heavy atom. The first-order chi connectivity index (χ1) is 9.11. The largest absolute Gasteiger partial charge is 0.496 e. The first-order valence-corrected chi connectivity index (χ1v) is 6.40. The Labute approximate surface area is 117 Å². The summed E-state index contributed by atoms with van der Waals surface area (Å²) in [5.74, 6) is 0.684. The Hall–Kier alpha value is -1.58. The Kier molecular flexibility index (Phi) is 4.40. The van der Waals surface area contributed by atoms with Crippen LogP contribution in [-0.2, 0) is 6.42 Å². The SMILES string of the molecule is COc1ccc(C)cc1C(O)Cc1ccncc1Cl. The number of aliphatic hydroxyl groups excluding tert-OH is 1. The molecule has 0 saturated carbocycles. The van der Waals surface area contributed by atoms with Crippen molar-refractivity contribution >= 4 is 11.6 Å². The van der Waals surface area contributed by atoms with E-state index < -0.39 is 6.10 Å². The van der Waals surface area contributed by atoms with Gasteiger partial charge >= 0.3 is 0 Å². The van der Waals surface area contributed by atoms with Gasteiger partial charge in [0.25, 0.3) is 0 Å². The van der Waals surface area contributed by atoms with Crippen molar-refractivity contribution < 1.29 is 9.84 Å². The summed E-state index contributed by atoms with van der Waals surface area (Å²) in [5, 5.41) is 10.9. The van der Waals surface area contributed by atoms with Gasteiger partial charge in [0.05, 0.1) is 18.2 Å². The smallest absolute Gasteiger partial charge is 0.124 e. The number of rotatable bonds is 4. The molecule has 1 unspecified atom stereocenters. The molecule has 1 aromatic heterocycles. The molecule has 1 N–H and O–H groups in total. The van der Waals surface area contributed by atoms with Gasteiger partial charge in [0.15, 0.2) is 0 Å². The van der Waals surface area contributed by atoms with Gasteiger partial charge in [0, 0.05) is 24.4 Å². The van der Waals surface area contributed by atoms with Crippen molar-refractivity contribution in [3.8, 4) is 5.75 Å². The van der Waals surface area contributed by atoms with E-state index >= 15 is 0 Å². The molecule has 0 aliphatic carbocycles. The first-order valence-electron chi connectivity index (χ1n) is 6.03. The molecule has 0 saturated heterocycles. The van der Waals surface area contributed by atoms with Crippen molar-refractivity contribution in [2.45, 2.75) is 19.4 Å².